The highest BCUT2D eigenvalue weighted by Crippen LogP contribution is 2.26. The molecule has 0 amide bonds. The maximum atomic E-state index is 13.5. The van der Waals surface area contributed by atoms with Crippen molar-refractivity contribution in [3.05, 3.63) is 69.2 Å². The molecule has 0 aromatic heterocycles. The van der Waals surface area contributed by atoms with Crippen molar-refractivity contribution in [3.8, 4) is 0 Å². The van der Waals surface area contributed by atoms with Crippen LogP contribution in [0.2, 0.25) is 10.0 Å². The molecule has 0 aliphatic heterocycles. The Balaban J connectivity index is 2.15. The molecule has 5 heteroatoms. The van der Waals surface area contributed by atoms with Gasteiger partial charge in [-0.05, 0) is 29.8 Å². The fourth-order valence-corrected chi connectivity index (χ4v) is 2.55. The summed E-state index contributed by atoms with van der Waals surface area (Å²) >= 11 is 12.0. The highest BCUT2D eigenvalue weighted by atomic mass is 35.5. The molecule has 0 spiro atoms. The average Bonchev–Trinajstić information content (AvgIpc) is 2.39. The Labute approximate surface area is 125 Å². The predicted molar refractivity (Wildman–Crippen MR) is 76.2 cm³/mol. The van der Waals surface area contributed by atoms with E-state index < -0.39 is 17.7 Å². The molecule has 20 heavy (non-hydrogen) atoms. The standard InChI is InChI=1S/C15H12Cl2F2O/c16-12-3-1-4-13(17)10(12)7-9(20)8-11-14(18)5-2-6-15(11)19/h1-6,9,20H,7-8H2. The summed E-state index contributed by atoms with van der Waals surface area (Å²) in [5.74, 6) is -1.34. The first-order valence-corrected chi connectivity index (χ1v) is 6.78. The van der Waals surface area contributed by atoms with Crippen LogP contribution in [0.4, 0.5) is 8.78 Å². The predicted octanol–water partition coefficient (Wildman–Crippen LogP) is 4.42. The second-order valence-corrected chi connectivity index (χ2v) is 5.28. The minimum absolute atomic E-state index is 0.131. The van der Waals surface area contributed by atoms with Gasteiger partial charge in [-0.2, -0.15) is 0 Å². The van der Waals surface area contributed by atoms with Crippen molar-refractivity contribution in [3.63, 3.8) is 0 Å². The minimum atomic E-state index is -0.973. The summed E-state index contributed by atoms with van der Waals surface area (Å²) in [6.07, 6.45) is -0.981. The van der Waals surface area contributed by atoms with E-state index in [0.29, 0.717) is 15.6 Å². The van der Waals surface area contributed by atoms with Gasteiger partial charge in [0.1, 0.15) is 11.6 Å². The number of aliphatic hydroxyl groups excluding tert-OH is 1. The van der Waals surface area contributed by atoms with E-state index in [1.807, 2.05) is 0 Å². The first-order valence-electron chi connectivity index (χ1n) is 6.03. The lowest BCUT2D eigenvalue weighted by Gasteiger charge is -2.14. The quantitative estimate of drug-likeness (QED) is 0.885. The lowest BCUT2D eigenvalue weighted by molar-refractivity contribution is 0.172. The van der Waals surface area contributed by atoms with Gasteiger partial charge in [-0.15, -0.1) is 0 Å². The Kier molecular flexibility index (Phi) is 4.97. The van der Waals surface area contributed by atoms with Gasteiger partial charge < -0.3 is 5.11 Å². The molecule has 1 N–H and O–H groups in total. The minimum Gasteiger partial charge on any atom is -0.392 e. The molecule has 2 aromatic rings. The molecule has 106 valence electrons. The molecule has 1 atom stereocenters. The molecule has 1 unspecified atom stereocenters. The Morgan fingerprint density at radius 3 is 1.85 bits per heavy atom. The third-order valence-electron chi connectivity index (χ3n) is 3.00. The van der Waals surface area contributed by atoms with Crippen LogP contribution in [0.5, 0.6) is 0 Å². The smallest absolute Gasteiger partial charge is 0.129 e. The highest BCUT2D eigenvalue weighted by molar-refractivity contribution is 6.35. The molecular formula is C15H12Cl2F2O. The topological polar surface area (TPSA) is 20.2 Å². The number of rotatable bonds is 4. The maximum absolute atomic E-state index is 13.5. The molecule has 2 rings (SSSR count). The Morgan fingerprint density at radius 2 is 1.30 bits per heavy atom. The average molecular weight is 317 g/mol. The Bertz CT molecular complexity index is 523. The zero-order valence-electron chi connectivity index (χ0n) is 10.4. The molecule has 0 fully saturated rings. The number of benzene rings is 2. The lowest BCUT2D eigenvalue weighted by Crippen LogP contribution is -2.16. The summed E-state index contributed by atoms with van der Waals surface area (Å²) < 4.78 is 27.0. The van der Waals surface area contributed by atoms with Gasteiger partial charge in [0.15, 0.2) is 0 Å². The summed E-state index contributed by atoms with van der Waals surface area (Å²) in [6, 6.07) is 8.60. The molecule has 0 saturated heterocycles. The summed E-state index contributed by atoms with van der Waals surface area (Å²) in [5.41, 5.74) is 0.434. The fraction of sp³-hybridized carbons (Fsp3) is 0.200. The SMILES string of the molecule is OC(Cc1c(F)cccc1F)Cc1c(Cl)cccc1Cl. The summed E-state index contributed by atoms with van der Waals surface area (Å²) in [7, 11) is 0. The van der Waals surface area contributed by atoms with Gasteiger partial charge in [0.05, 0.1) is 6.10 Å². The van der Waals surface area contributed by atoms with E-state index in [1.165, 1.54) is 6.07 Å². The van der Waals surface area contributed by atoms with Crippen LogP contribution in [0.1, 0.15) is 11.1 Å². The van der Waals surface area contributed by atoms with Gasteiger partial charge in [-0.1, -0.05) is 35.3 Å². The molecule has 1 nitrogen and oxygen atoms in total. The van der Waals surface area contributed by atoms with E-state index in [1.54, 1.807) is 18.2 Å². The normalized spacial score (nSPS) is 12.4. The third kappa shape index (κ3) is 3.48. The van der Waals surface area contributed by atoms with Crippen LogP contribution in [0.25, 0.3) is 0 Å². The van der Waals surface area contributed by atoms with E-state index in [-0.39, 0.29) is 18.4 Å². The molecule has 0 heterocycles. The molecule has 0 saturated carbocycles. The van der Waals surface area contributed by atoms with Gasteiger partial charge in [-0.3, -0.25) is 0 Å². The molecular weight excluding hydrogens is 305 g/mol. The lowest BCUT2D eigenvalue weighted by atomic mass is 10.0. The van der Waals surface area contributed by atoms with Crippen LogP contribution in [-0.2, 0) is 12.8 Å². The van der Waals surface area contributed by atoms with Gasteiger partial charge in [0.2, 0.25) is 0 Å². The molecule has 0 radical (unpaired) electrons. The van der Waals surface area contributed by atoms with E-state index in [2.05, 4.69) is 0 Å². The monoisotopic (exact) mass is 316 g/mol. The van der Waals surface area contributed by atoms with Crippen LogP contribution in [0, 0.1) is 11.6 Å². The number of hydrogen-bond donors (Lipinski definition) is 1. The van der Waals surface area contributed by atoms with Crippen LogP contribution in [-0.4, -0.2) is 11.2 Å². The van der Waals surface area contributed by atoms with E-state index >= 15 is 0 Å². The van der Waals surface area contributed by atoms with Gasteiger partial charge >= 0.3 is 0 Å². The number of hydrogen-bond acceptors (Lipinski definition) is 1. The van der Waals surface area contributed by atoms with Crippen molar-refractivity contribution in [1.82, 2.24) is 0 Å². The second-order valence-electron chi connectivity index (χ2n) is 4.46. The Morgan fingerprint density at radius 1 is 0.850 bits per heavy atom. The molecule has 0 aliphatic carbocycles. The van der Waals surface area contributed by atoms with Gasteiger partial charge in [0, 0.05) is 28.5 Å². The summed E-state index contributed by atoms with van der Waals surface area (Å²) in [6.45, 7) is 0. The first kappa shape index (κ1) is 15.2. The van der Waals surface area contributed by atoms with Crippen molar-refractivity contribution in [2.45, 2.75) is 18.9 Å². The van der Waals surface area contributed by atoms with Crippen molar-refractivity contribution in [2.75, 3.05) is 0 Å². The maximum Gasteiger partial charge on any atom is 0.129 e. The van der Waals surface area contributed by atoms with Crippen molar-refractivity contribution >= 4 is 23.2 Å². The zero-order valence-corrected chi connectivity index (χ0v) is 11.9. The number of halogens is 4. The van der Waals surface area contributed by atoms with Gasteiger partial charge in [-0.25, -0.2) is 8.78 Å². The van der Waals surface area contributed by atoms with Crippen LogP contribution >= 0.6 is 23.2 Å². The van der Waals surface area contributed by atoms with Gasteiger partial charge in [0.25, 0.3) is 0 Å². The second kappa shape index (κ2) is 6.53. The van der Waals surface area contributed by atoms with E-state index in [4.69, 9.17) is 23.2 Å². The van der Waals surface area contributed by atoms with Crippen molar-refractivity contribution in [2.24, 2.45) is 0 Å². The van der Waals surface area contributed by atoms with E-state index in [9.17, 15) is 13.9 Å². The highest BCUT2D eigenvalue weighted by Gasteiger charge is 2.16. The molecule has 0 aliphatic rings. The largest absolute Gasteiger partial charge is 0.392 e. The number of aliphatic hydroxyl groups is 1. The van der Waals surface area contributed by atoms with E-state index in [0.717, 1.165) is 12.1 Å². The zero-order chi connectivity index (χ0) is 14.7. The summed E-state index contributed by atoms with van der Waals surface area (Å²) in [5, 5.41) is 10.8. The first-order chi connectivity index (χ1) is 9.49. The molecule has 2 aromatic carbocycles. The van der Waals surface area contributed by atoms with Crippen molar-refractivity contribution in [1.29, 1.82) is 0 Å². The Hall–Kier alpha value is -1.16. The third-order valence-corrected chi connectivity index (χ3v) is 3.71. The summed E-state index contributed by atoms with van der Waals surface area (Å²) in [4.78, 5) is 0. The van der Waals surface area contributed by atoms with Crippen LogP contribution < -0.4 is 0 Å². The fourth-order valence-electron chi connectivity index (χ4n) is 2.00. The van der Waals surface area contributed by atoms with Crippen LogP contribution in [0.15, 0.2) is 36.4 Å². The molecule has 0 bridgehead atoms. The van der Waals surface area contributed by atoms with Crippen LogP contribution in [0.3, 0.4) is 0 Å². The van der Waals surface area contributed by atoms with Crippen molar-refractivity contribution < 1.29 is 13.9 Å².